The fourth-order valence-electron chi connectivity index (χ4n) is 2.07. The van der Waals surface area contributed by atoms with Crippen molar-refractivity contribution in [3.8, 4) is 17.2 Å². The second-order valence-electron chi connectivity index (χ2n) is 4.80. The van der Waals surface area contributed by atoms with Gasteiger partial charge in [-0.05, 0) is 24.3 Å². The zero-order valence-corrected chi connectivity index (χ0v) is 14.3. The predicted molar refractivity (Wildman–Crippen MR) is 86.5 cm³/mol. The Morgan fingerprint density at radius 1 is 0.958 bits per heavy atom. The molecule has 0 bridgehead atoms. The molecule has 2 rings (SSSR count). The van der Waals surface area contributed by atoms with Crippen LogP contribution in [0.1, 0.15) is 5.56 Å². The molecule has 2 aromatic carbocycles. The monoisotopic (exact) mass is 355 g/mol. The van der Waals surface area contributed by atoms with Gasteiger partial charge in [0.1, 0.15) is 11.5 Å². The van der Waals surface area contributed by atoms with E-state index in [-0.39, 0.29) is 17.2 Å². The average molecular weight is 355 g/mol. The molecule has 0 radical (unpaired) electrons. The van der Waals surface area contributed by atoms with Gasteiger partial charge in [-0.25, -0.2) is 17.5 Å². The number of sulfonamides is 1. The molecule has 0 fully saturated rings. The van der Waals surface area contributed by atoms with E-state index in [9.17, 15) is 12.8 Å². The lowest BCUT2D eigenvalue weighted by atomic mass is 10.2. The molecule has 0 aliphatic heterocycles. The highest BCUT2D eigenvalue weighted by atomic mass is 32.2. The zero-order chi connectivity index (χ0) is 17.7. The smallest absolute Gasteiger partial charge is 0.240 e. The van der Waals surface area contributed by atoms with E-state index < -0.39 is 15.8 Å². The van der Waals surface area contributed by atoms with E-state index in [1.165, 1.54) is 33.5 Å². The molecular weight excluding hydrogens is 337 g/mol. The van der Waals surface area contributed by atoms with Crippen LogP contribution in [0.15, 0.2) is 41.3 Å². The summed E-state index contributed by atoms with van der Waals surface area (Å²) in [4.78, 5) is -0.187. The summed E-state index contributed by atoms with van der Waals surface area (Å²) in [5.74, 6) is 0.307. The molecular formula is C16H18FNO5S. The molecule has 0 saturated carbocycles. The van der Waals surface area contributed by atoms with Gasteiger partial charge in [0.2, 0.25) is 10.0 Å². The maximum absolute atomic E-state index is 13.7. The van der Waals surface area contributed by atoms with Gasteiger partial charge in [0.15, 0.2) is 11.6 Å². The molecule has 130 valence electrons. The Kier molecular flexibility index (Phi) is 5.63. The number of benzene rings is 2. The van der Waals surface area contributed by atoms with E-state index in [2.05, 4.69) is 4.72 Å². The number of methoxy groups -OCH3 is 3. The van der Waals surface area contributed by atoms with Crippen molar-refractivity contribution in [2.45, 2.75) is 11.4 Å². The molecule has 0 aromatic heterocycles. The van der Waals surface area contributed by atoms with Crippen LogP contribution in [-0.4, -0.2) is 29.7 Å². The van der Waals surface area contributed by atoms with Crippen molar-refractivity contribution >= 4 is 10.0 Å². The second-order valence-corrected chi connectivity index (χ2v) is 6.57. The largest absolute Gasteiger partial charge is 0.497 e. The Labute approximate surface area is 140 Å². The average Bonchev–Trinajstić information content (AvgIpc) is 2.59. The summed E-state index contributed by atoms with van der Waals surface area (Å²) in [6, 6.07) is 8.48. The maximum atomic E-state index is 13.7. The van der Waals surface area contributed by atoms with Crippen molar-refractivity contribution in [2.24, 2.45) is 0 Å². The summed E-state index contributed by atoms with van der Waals surface area (Å²) in [7, 11) is 0.428. The molecule has 0 spiro atoms. The van der Waals surface area contributed by atoms with E-state index in [4.69, 9.17) is 14.2 Å². The van der Waals surface area contributed by atoms with Gasteiger partial charge in [-0.2, -0.15) is 0 Å². The minimum Gasteiger partial charge on any atom is -0.497 e. The highest BCUT2D eigenvalue weighted by Gasteiger charge is 2.17. The summed E-state index contributed by atoms with van der Waals surface area (Å²) in [6.45, 7) is -0.0108. The third-order valence-corrected chi connectivity index (χ3v) is 4.78. The third-order valence-electron chi connectivity index (χ3n) is 3.38. The molecule has 2 aromatic rings. The lowest BCUT2D eigenvalue weighted by molar-refractivity contribution is 0.385. The van der Waals surface area contributed by atoms with Crippen LogP contribution in [0.5, 0.6) is 17.2 Å². The van der Waals surface area contributed by atoms with Gasteiger partial charge in [0, 0.05) is 18.2 Å². The Morgan fingerprint density at radius 2 is 1.67 bits per heavy atom. The van der Waals surface area contributed by atoms with Crippen LogP contribution in [0.25, 0.3) is 0 Å². The zero-order valence-electron chi connectivity index (χ0n) is 13.5. The molecule has 0 aliphatic carbocycles. The molecule has 0 amide bonds. The van der Waals surface area contributed by atoms with Gasteiger partial charge in [-0.1, -0.05) is 6.07 Å². The van der Waals surface area contributed by atoms with Crippen molar-refractivity contribution in [1.29, 1.82) is 0 Å². The molecule has 0 atom stereocenters. The van der Waals surface area contributed by atoms with Gasteiger partial charge in [-0.15, -0.1) is 0 Å². The van der Waals surface area contributed by atoms with Crippen LogP contribution in [0.4, 0.5) is 4.39 Å². The fourth-order valence-corrected chi connectivity index (χ4v) is 3.09. The van der Waals surface area contributed by atoms with Gasteiger partial charge in [-0.3, -0.25) is 0 Å². The second kappa shape index (κ2) is 7.50. The number of ether oxygens (including phenoxy) is 3. The minimum atomic E-state index is -3.88. The fraction of sp³-hybridized carbons (Fsp3) is 0.250. The van der Waals surface area contributed by atoms with E-state index in [1.54, 1.807) is 18.2 Å². The number of nitrogens with one attached hydrogen (secondary N) is 1. The molecule has 24 heavy (non-hydrogen) atoms. The first kappa shape index (κ1) is 18.0. The van der Waals surface area contributed by atoms with Gasteiger partial charge in [0.25, 0.3) is 0 Å². The summed E-state index contributed by atoms with van der Waals surface area (Å²) < 4.78 is 55.8. The van der Waals surface area contributed by atoms with E-state index in [0.29, 0.717) is 17.1 Å². The standard InChI is InChI=1S/C16H18FNO5S/c1-21-12-5-4-11(16(8-12)23-3)10-18-24(19,20)13-6-7-15(22-2)14(17)9-13/h4-9,18H,10H2,1-3H3. The molecule has 8 heteroatoms. The molecule has 0 unspecified atom stereocenters. The minimum absolute atomic E-state index is 0.0108. The van der Waals surface area contributed by atoms with Crippen molar-refractivity contribution in [2.75, 3.05) is 21.3 Å². The first-order valence-corrected chi connectivity index (χ1v) is 8.43. The summed E-state index contributed by atoms with van der Waals surface area (Å²) in [5.41, 5.74) is 0.621. The maximum Gasteiger partial charge on any atom is 0.240 e. The predicted octanol–water partition coefficient (Wildman–Crippen LogP) is 2.33. The highest BCUT2D eigenvalue weighted by Crippen LogP contribution is 2.25. The van der Waals surface area contributed by atoms with Crippen molar-refractivity contribution < 1.29 is 27.0 Å². The Hall–Kier alpha value is -2.32. The quantitative estimate of drug-likeness (QED) is 0.825. The van der Waals surface area contributed by atoms with Gasteiger partial charge in [0.05, 0.1) is 26.2 Å². The van der Waals surface area contributed by atoms with Crippen LogP contribution in [-0.2, 0) is 16.6 Å². The van der Waals surface area contributed by atoms with Crippen LogP contribution in [0.3, 0.4) is 0 Å². The third kappa shape index (κ3) is 3.95. The summed E-state index contributed by atoms with van der Waals surface area (Å²) >= 11 is 0. The molecule has 6 nitrogen and oxygen atoms in total. The number of hydrogen-bond donors (Lipinski definition) is 1. The normalized spacial score (nSPS) is 11.2. The van der Waals surface area contributed by atoms with Crippen molar-refractivity contribution in [3.63, 3.8) is 0 Å². The van der Waals surface area contributed by atoms with Crippen LogP contribution in [0.2, 0.25) is 0 Å². The van der Waals surface area contributed by atoms with E-state index in [1.807, 2.05) is 0 Å². The number of hydrogen-bond acceptors (Lipinski definition) is 5. The Bertz CT molecular complexity index is 823. The highest BCUT2D eigenvalue weighted by molar-refractivity contribution is 7.89. The first-order chi connectivity index (χ1) is 11.4. The van der Waals surface area contributed by atoms with E-state index in [0.717, 1.165) is 6.07 Å². The molecule has 0 saturated heterocycles. The molecule has 1 N–H and O–H groups in total. The van der Waals surface area contributed by atoms with Crippen molar-refractivity contribution in [1.82, 2.24) is 4.72 Å². The van der Waals surface area contributed by atoms with Crippen LogP contribution in [0, 0.1) is 5.82 Å². The van der Waals surface area contributed by atoms with E-state index >= 15 is 0 Å². The summed E-state index contributed by atoms with van der Waals surface area (Å²) in [5, 5.41) is 0. The summed E-state index contributed by atoms with van der Waals surface area (Å²) in [6.07, 6.45) is 0. The number of halogens is 1. The SMILES string of the molecule is COc1ccc(CNS(=O)(=O)c2ccc(OC)c(F)c2)c(OC)c1. The lowest BCUT2D eigenvalue weighted by Gasteiger charge is -2.12. The molecule has 0 aliphatic rings. The Morgan fingerprint density at radius 3 is 2.25 bits per heavy atom. The topological polar surface area (TPSA) is 73.9 Å². The van der Waals surface area contributed by atoms with Crippen LogP contribution < -0.4 is 18.9 Å². The Balaban J connectivity index is 2.20. The number of rotatable bonds is 7. The first-order valence-electron chi connectivity index (χ1n) is 6.95. The van der Waals surface area contributed by atoms with Crippen molar-refractivity contribution in [3.05, 3.63) is 47.8 Å². The lowest BCUT2D eigenvalue weighted by Crippen LogP contribution is -2.23. The molecule has 0 heterocycles. The van der Waals surface area contributed by atoms with Gasteiger partial charge < -0.3 is 14.2 Å². The van der Waals surface area contributed by atoms with Gasteiger partial charge >= 0.3 is 0 Å². The van der Waals surface area contributed by atoms with Crippen LogP contribution >= 0.6 is 0 Å².